The number of carbonyl (C=O) groups excluding carboxylic acids is 1. The van der Waals surface area contributed by atoms with Crippen LogP contribution in [0.2, 0.25) is 0 Å². The van der Waals surface area contributed by atoms with Crippen molar-refractivity contribution in [2.75, 3.05) is 62.3 Å². The highest BCUT2D eigenvalue weighted by Gasteiger charge is 2.51. The van der Waals surface area contributed by atoms with Gasteiger partial charge < -0.3 is 14.7 Å². The van der Waals surface area contributed by atoms with E-state index in [9.17, 15) is 27.2 Å². The number of anilines is 2. The lowest BCUT2D eigenvalue weighted by Crippen LogP contribution is -2.48. The van der Waals surface area contributed by atoms with Gasteiger partial charge in [0.2, 0.25) is 0 Å². The maximum atomic E-state index is 13.6. The Hall–Kier alpha value is -3.29. The molecule has 0 atom stereocenters. The van der Waals surface area contributed by atoms with Crippen LogP contribution in [0.1, 0.15) is 30.7 Å². The lowest BCUT2D eigenvalue weighted by atomic mass is 10.0. The van der Waals surface area contributed by atoms with E-state index in [0.717, 1.165) is 11.1 Å². The Morgan fingerprint density at radius 1 is 1.13 bits per heavy atom. The lowest BCUT2D eigenvalue weighted by molar-refractivity contribution is -0.139. The lowest BCUT2D eigenvalue weighted by Gasteiger charge is -2.33. The van der Waals surface area contributed by atoms with Gasteiger partial charge in [-0.05, 0) is 55.9 Å². The Bertz CT molecular complexity index is 1450. The quantitative estimate of drug-likeness (QED) is 0.285. The fourth-order valence-corrected chi connectivity index (χ4v) is 5.65. The molecule has 17 heteroatoms. The molecule has 2 aliphatic rings. The predicted octanol–water partition coefficient (Wildman–Crippen LogP) is 4.33. The number of alkyl halides is 4. The molecular formula is C28H32Cl2F4N6O4S. The molecule has 1 N–H and O–H groups in total. The summed E-state index contributed by atoms with van der Waals surface area (Å²) in [5.74, 6) is -1.02. The number of ether oxygens (including phenoxy) is 1. The number of hydrogen-bond acceptors (Lipinski definition) is 8. The first-order valence-electron chi connectivity index (χ1n) is 13.4. The molecule has 2 aromatic rings. The van der Waals surface area contributed by atoms with Gasteiger partial charge in [-0.1, -0.05) is 0 Å². The largest absolute Gasteiger partial charge is 0.492 e. The number of carboxylic acid groups (broad SMARTS) is 1. The molecule has 0 bridgehead atoms. The Morgan fingerprint density at radius 2 is 1.78 bits per heavy atom. The van der Waals surface area contributed by atoms with Gasteiger partial charge in [-0.25, -0.2) is 4.98 Å². The van der Waals surface area contributed by atoms with Gasteiger partial charge in [0.05, 0.1) is 30.7 Å². The zero-order valence-corrected chi connectivity index (χ0v) is 26.8. The summed E-state index contributed by atoms with van der Waals surface area (Å²) in [4.78, 5) is 34.4. The van der Waals surface area contributed by atoms with Crippen molar-refractivity contribution in [1.29, 1.82) is 5.26 Å². The number of nitrogens with zero attached hydrogens (tertiary/aromatic N) is 6. The van der Waals surface area contributed by atoms with Crippen molar-refractivity contribution in [2.45, 2.75) is 32.0 Å². The first-order chi connectivity index (χ1) is 20.3. The minimum Gasteiger partial charge on any atom is -0.492 e. The molecule has 2 fully saturated rings. The van der Waals surface area contributed by atoms with E-state index < -0.39 is 41.5 Å². The van der Waals surface area contributed by atoms with Crippen molar-refractivity contribution in [3.8, 4) is 11.8 Å². The molecule has 2 aliphatic heterocycles. The van der Waals surface area contributed by atoms with Gasteiger partial charge in [-0.2, -0.15) is 18.4 Å². The number of amides is 1. The van der Waals surface area contributed by atoms with Crippen LogP contribution in [0, 0.1) is 11.3 Å². The van der Waals surface area contributed by atoms with Gasteiger partial charge in [-0.3, -0.25) is 28.7 Å². The van der Waals surface area contributed by atoms with Crippen LogP contribution in [0.3, 0.4) is 0 Å². The maximum absolute atomic E-state index is 13.6. The van der Waals surface area contributed by atoms with Crippen molar-refractivity contribution >= 4 is 65.4 Å². The summed E-state index contributed by atoms with van der Waals surface area (Å²) in [6.07, 6.45) is -3.86. The number of benzene rings is 1. The van der Waals surface area contributed by atoms with Crippen LogP contribution < -0.4 is 14.5 Å². The number of carboxylic acids is 1. The molecule has 3 heterocycles. The first-order valence-corrected chi connectivity index (χ1v) is 13.8. The van der Waals surface area contributed by atoms with Gasteiger partial charge >= 0.3 is 12.1 Å². The SMILES string of the molecule is CC1(C)C(=O)N(c2cnc(C#N)c(C(F)(F)F)c2)C(=S)N1c1ccc(OCCN2CCN(CC(=O)O)CC2)c(CCF)c1.Cl.Cl. The molecule has 0 spiro atoms. The molecule has 0 saturated carbocycles. The Balaban J connectivity index is 0.00000353. The van der Waals surface area contributed by atoms with E-state index in [-0.39, 0.29) is 48.6 Å². The standard InChI is InChI=1S/C28H30F4N6O4S.2ClH/c1-27(2)25(41)37(20-14-21(28(30,31)32)22(15-33)34-16-20)26(43)38(27)19-3-4-23(18(13-19)5-6-29)42-12-11-35-7-9-36(10-8-35)17-24(39)40;;/h3-4,13-14,16H,5-12,17H2,1-2H3,(H,39,40);2*1H. The molecule has 10 nitrogen and oxygen atoms in total. The fourth-order valence-electron chi connectivity index (χ4n) is 5.13. The number of carbonyl (C=O) groups is 2. The second-order valence-electron chi connectivity index (χ2n) is 10.6. The highest BCUT2D eigenvalue weighted by Crippen LogP contribution is 2.40. The minimum absolute atomic E-state index is 0. The summed E-state index contributed by atoms with van der Waals surface area (Å²) in [6.45, 7) is 6.00. The number of aromatic nitrogens is 1. The summed E-state index contributed by atoms with van der Waals surface area (Å²) >= 11 is 5.57. The van der Waals surface area contributed by atoms with E-state index in [1.54, 1.807) is 32.0 Å². The van der Waals surface area contributed by atoms with E-state index in [4.69, 9.17) is 27.3 Å². The monoisotopic (exact) mass is 694 g/mol. The molecular weight excluding hydrogens is 663 g/mol. The van der Waals surface area contributed by atoms with E-state index in [1.165, 1.54) is 11.0 Å². The minimum atomic E-state index is -4.88. The van der Waals surface area contributed by atoms with E-state index in [2.05, 4.69) is 9.88 Å². The number of piperazine rings is 1. The smallest absolute Gasteiger partial charge is 0.419 e. The summed E-state index contributed by atoms with van der Waals surface area (Å²) in [6, 6.07) is 7.01. The number of hydrogen-bond donors (Lipinski definition) is 1. The highest BCUT2D eigenvalue weighted by molar-refractivity contribution is 7.81. The number of rotatable bonds is 10. The molecule has 246 valence electrons. The van der Waals surface area contributed by atoms with Crippen LogP contribution in [0.25, 0.3) is 0 Å². The Kier molecular flexibility index (Phi) is 12.9. The van der Waals surface area contributed by atoms with Crippen molar-refractivity contribution in [2.24, 2.45) is 0 Å². The first kappa shape index (κ1) is 37.9. The third-order valence-electron chi connectivity index (χ3n) is 7.37. The van der Waals surface area contributed by atoms with Crippen molar-refractivity contribution in [1.82, 2.24) is 14.8 Å². The summed E-state index contributed by atoms with van der Waals surface area (Å²) in [5, 5.41) is 17.9. The fraction of sp³-hybridized carbons (Fsp3) is 0.464. The molecule has 2 saturated heterocycles. The van der Waals surface area contributed by atoms with Crippen LogP contribution in [0.5, 0.6) is 5.75 Å². The summed E-state index contributed by atoms with van der Waals surface area (Å²) in [5.41, 5.74) is -2.71. The van der Waals surface area contributed by atoms with Crippen molar-refractivity contribution in [3.63, 3.8) is 0 Å². The molecule has 0 radical (unpaired) electrons. The van der Waals surface area contributed by atoms with Gasteiger partial charge in [-0.15, -0.1) is 24.8 Å². The number of pyridine rings is 1. The van der Waals surface area contributed by atoms with Crippen LogP contribution >= 0.6 is 37.0 Å². The highest BCUT2D eigenvalue weighted by atomic mass is 35.5. The number of halogens is 6. The summed E-state index contributed by atoms with van der Waals surface area (Å²) < 4.78 is 60.3. The molecule has 0 unspecified atom stereocenters. The van der Waals surface area contributed by atoms with E-state index >= 15 is 0 Å². The van der Waals surface area contributed by atoms with E-state index in [1.807, 2.05) is 4.90 Å². The Morgan fingerprint density at radius 3 is 2.36 bits per heavy atom. The van der Waals surface area contributed by atoms with Crippen LogP contribution in [-0.4, -0.2) is 95.0 Å². The second kappa shape index (κ2) is 15.3. The van der Waals surface area contributed by atoms with Gasteiger partial charge in [0.15, 0.2) is 10.8 Å². The third-order valence-corrected chi connectivity index (χ3v) is 7.73. The molecule has 1 aromatic carbocycles. The number of aliphatic carboxylic acids is 1. The molecule has 4 rings (SSSR count). The number of nitriles is 1. The average Bonchev–Trinajstić information content (AvgIpc) is 3.12. The third kappa shape index (κ3) is 8.30. The summed E-state index contributed by atoms with van der Waals surface area (Å²) in [7, 11) is 0. The number of aryl methyl sites for hydroxylation is 1. The number of thiocarbonyl (C=S) groups is 1. The zero-order valence-electron chi connectivity index (χ0n) is 24.3. The van der Waals surface area contributed by atoms with Gasteiger partial charge in [0, 0.05) is 44.8 Å². The molecule has 1 aromatic heterocycles. The molecule has 45 heavy (non-hydrogen) atoms. The maximum Gasteiger partial charge on any atom is 0.419 e. The van der Waals surface area contributed by atoms with Crippen LogP contribution in [-0.2, 0) is 22.2 Å². The Labute approximate surface area is 275 Å². The normalized spacial score (nSPS) is 17.0. The van der Waals surface area contributed by atoms with Crippen LogP contribution in [0.15, 0.2) is 30.5 Å². The predicted molar refractivity (Wildman–Crippen MR) is 167 cm³/mol. The van der Waals surface area contributed by atoms with Crippen LogP contribution in [0.4, 0.5) is 28.9 Å². The zero-order chi connectivity index (χ0) is 31.5. The van der Waals surface area contributed by atoms with E-state index in [0.29, 0.717) is 62.4 Å². The van der Waals surface area contributed by atoms with Gasteiger partial charge in [0.1, 0.15) is 24.0 Å². The second-order valence-corrected chi connectivity index (χ2v) is 11.0. The molecule has 1 amide bonds. The molecule has 0 aliphatic carbocycles. The van der Waals surface area contributed by atoms with Gasteiger partial charge in [0.25, 0.3) is 5.91 Å². The average molecular weight is 696 g/mol. The topological polar surface area (TPSA) is 113 Å². The van der Waals surface area contributed by atoms with Crippen molar-refractivity contribution < 1.29 is 37.0 Å². The van der Waals surface area contributed by atoms with Crippen molar-refractivity contribution in [3.05, 3.63) is 47.3 Å².